The Labute approximate surface area is 122 Å². The molecule has 0 unspecified atom stereocenters. The van der Waals surface area contributed by atoms with E-state index in [9.17, 15) is 0 Å². The van der Waals surface area contributed by atoms with Crippen LogP contribution >= 0.6 is 12.2 Å². The van der Waals surface area contributed by atoms with Gasteiger partial charge in [-0.05, 0) is 18.3 Å². The number of hydrogen-bond donors (Lipinski definition) is 0. The van der Waals surface area contributed by atoms with E-state index in [0.717, 1.165) is 43.6 Å². The molecule has 0 aromatic carbocycles. The predicted octanol–water partition coefficient (Wildman–Crippen LogP) is 0.521. The van der Waals surface area contributed by atoms with Crippen LogP contribution in [0.3, 0.4) is 0 Å². The summed E-state index contributed by atoms with van der Waals surface area (Å²) >= 11 is 5.30. The highest BCUT2D eigenvalue weighted by Crippen LogP contribution is 2.10. The van der Waals surface area contributed by atoms with Crippen molar-refractivity contribution in [3.8, 4) is 0 Å². The van der Waals surface area contributed by atoms with Crippen LogP contribution in [0.4, 0.5) is 5.95 Å². The Bertz CT molecular complexity index is 612. The quantitative estimate of drug-likeness (QED) is 0.769. The zero-order valence-corrected chi connectivity index (χ0v) is 12.2. The lowest BCUT2D eigenvalue weighted by Crippen LogP contribution is -2.47. The van der Waals surface area contributed by atoms with Crippen molar-refractivity contribution >= 4 is 18.2 Å². The van der Waals surface area contributed by atoms with Gasteiger partial charge >= 0.3 is 0 Å². The Morgan fingerprint density at radius 3 is 2.45 bits per heavy atom. The summed E-state index contributed by atoms with van der Waals surface area (Å²) in [5, 5.41) is 4.28. The number of aryl methyl sites for hydroxylation is 1. The van der Waals surface area contributed by atoms with E-state index in [1.807, 2.05) is 22.4 Å². The van der Waals surface area contributed by atoms with E-state index in [2.05, 4.69) is 24.9 Å². The number of nitrogens with zero attached hydrogens (tertiary/aromatic N) is 7. The van der Waals surface area contributed by atoms with Crippen molar-refractivity contribution in [1.82, 2.24) is 29.2 Å². The first-order valence-electron chi connectivity index (χ1n) is 6.57. The van der Waals surface area contributed by atoms with Crippen molar-refractivity contribution in [3.63, 3.8) is 0 Å². The Balaban J connectivity index is 1.59. The second-order valence-corrected chi connectivity index (χ2v) is 5.18. The SMILES string of the molecule is Cn1cnn(CN2CCN(c3ncccn3)CC2)c1=S. The molecule has 106 valence electrons. The summed E-state index contributed by atoms with van der Waals surface area (Å²) < 4.78 is 4.45. The van der Waals surface area contributed by atoms with E-state index in [1.165, 1.54) is 0 Å². The van der Waals surface area contributed by atoms with Crippen molar-refractivity contribution < 1.29 is 0 Å². The fourth-order valence-electron chi connectivity index (χ4n) is 2.25. The molecule has 0 aliphatic carbocycles. The molecule has 1 aliphatic heterocycles. The smallest absolute Gasteiger partial charge is 0.225 e. The molecule has 0 saturated carbocycles. The Morgan fingerprint density at radius 1 is 1.15 bits per heavy atom. The third-order valence-electron chi connectivity index (χ3n) is 3.43. The van der Waals surface area contributed by atoms with E-state index >= 15 is 0 Å². The largest absolute Gasteiger partial charge is 0.338 e. The molecule has 2 aromatic rings. The fraction of sp³-hybridized carbons (Fsp3) is 0.500. The number of anilines is 1. The fourth-order valence-corrected chi connectivity index (χ4v) is 2.40. The highest BCUT2D eigenvalue weighted by molar-refractivity contribution is 7.71. The third-order valence-corrected chi connectivity index (χ3v) is 3.93. The van der Waals surface area contributed by atoms with Crippen LogP contribution in [0.2, 0.25) is 0 Å². The van der Waals surface area contributed by atoms with Gasteiger partial charge < -0.3 is 9.47 Å². The number of hydrogen-bond acceptors (Lipinski definition) is 6. The molecule has 0 N–H and O–H groups in total. The van der Waals surface area contributed by atoms with Crippen LogP contribution in [-0.2, 0) is 13.7 Å². The second kappa shape index (κ2) is 5.68. The minimum atomic E-state index is 0.739. The van der Waals surface area contributed by atoms with Gasteiger partial charge in [0.25, 0.3) is 0 Å². The van der Waals surface area contributed by atoms with Crippen LogP contribution in [0.25, 0.3) is 0 Å². The molecular weight excluding hydrogens is 274 g/mol. The van der Waals surface area contributed by atoms with Crippen molar-refractivity contribution in [2.45, 2.75) is 6.67 Å². The number of aromatic nitrogens is 5. The van der Waals surface area contributed by atoms with Crippen molar-refractivity contribution in [1.29, 1.82) is 0 Å². The molecule has 0 bridgehead atoms. The third kappa shape index (κ3) is 2.70. The normalized spacial score (nSPS) is 16.6. The van der Waals surface area contributed by atoms with Gasteiger partial charge in [0, 0.05) is 45.6 Å². The zero-order chi connectivity index (χ0) is 13.9. The molecule has 0 amide bonds. The topological polar surface area (TPSA) is 55.0 Å². The van der Waals surface area contributed by atoms with Crippen molar-refractivity contribution in [2.75, 3.05) is 31.1 Å². The highest BCUT2D eigenvalue weighted by atomic mass is 32.1. The average molecular weight is 291 g/mol. The van der Waals surface area contributed by atoms with Crippen LogP contribution in [-0.4, -0.2) is 55.4 Å². The van der Waals surface area contributed by atoms with Gasteiger partial charge in [0.1, 0.15) is 6.33 Å². The minimum Gasteiger partial charge on any atom is -0.338 e. The van der Waals surface area contributed by atoms with Gasteiger partial charge in [-0.1, -0.05) is 0 Å². The summed E-state index contributed by atoms with van der Waals surface area (Å²) in [5.41, 5.74) is 0. The van der Waals surface area contributed by atoms with Crippen molar-refractivity contribution in [3.05, 3.63) is 29.6 Å². The number of rotatable bonds is 3. The lowest BCUT2D eigenvalue weighted by molar-refractivity contribution is 0.193. The molecule has 1 fully saturated rings. The maximum absolute atomic E-state index is 5.30. The van der Waals surface area contributed by atoms with Gasteiger partial charge in [0.15, 0.2) is 4.77 Å². The maximum Gasteiger partial charge on any atom is 0.225 e. The van der Waals surface area contributed by atoms with Gasteiger partial charge in [-0.15, -0.1) is 0 Å². The summed E-state index contributed by atoms with van der Waals surface area (Å²) in [7, 11) is 1.91. The summed E-state index contributed by atoms with van der Waals surface area (Å²) in [4.78, 5) is 13.1. The summed E-state index contributed by atoms with van der Waals surface area (Å²) in [6, 6.07) is 1.84. The molecule has 0 radical (unpaired) electrons. The minimum absolute atomic E-state index is 0.739. The molecule has 0 atom stereocenters. The molecule has 1 saturated heterocycles. The highest BCUT2D eigenvalue weighted by Gasteiger charge is 2.19. The van der Waals surface area contributed by atoms with Crippen LogP contribution in [0.15, 0.2) is 24.8 Å². The summed E-state index contributed by atoms with van der Waals surface area (Å²) in [6.07, 6.45) is 5.31. The van der Waals surface area contributed by atoms with E-state index in [4.69, 9.17) is 12.2 Å². The summed E-state index contributed by atoms with van der Waals surface area (Å²) in [6.45, 7) is 4.49. The van der Waals surface area contributed by atoms with E-state index in [1.54, 1.807) is 18.7 Å². The van der Waals surface area contributed by atoms with Gasteiger partial charge in [0.2, 0.25) is 5.95 Å². The zero-order valence-electron chi connectivity index (χ0n) is 11.4. The van der Waals surface area contributed by atoms with E-state index in [-0.39, 0.29) is 0 Å². The van der Waals surface area contributed by atoms with Crippen molar-refractivity contribution in [2.24, 2.45) is 7.05 Å². The summed E-state index contributed by atoms with van der Waals surface area (Å²) in [5.74, 6) is 0.807. The Kier molecular flexibility index (Phi) is 3.75. The van der Waals surface area contributed by atoms with Crippen LogP contribution in [0, 0.1) is 4.77 Å². The van der Waals surface area contributed by atoms with E-state index < -0.39 is 0 Å². The molecule has 20 heavy (non-hydrogen) atoms. The maximum atomic E-state index is 5.30. The monoisotopic (exact) mass is 291 g/mol. The Morgan fingerprint density at radius 2 is 1.85 bits per heavy atom. The molecule has 8 heteroatoms. The lowest BCUT2D eigenvalue weighted by atomic mass is 10.3. The van der Waals surface area contributed by atoms with Gasteiger partial charge in [-0.3, -0.25) is 4.90 Å². The van der Waals surface area contributed by atoms with Gasteiger partial charge in [-0.25, -0.2) is 14.6 Å². The molecule has 0 spiro atoms. The van der Waals surface area contributed by atoms with Gasteiger partial charge in [-0.2, -0.15) is 5.10 Å². The molecule has 1 aliphatic rings. The molecular formula is C12H17N7S. The molecule has 2 aromatic heterocycles. The molecule has 7 nitrogen and oxygen atoms in total. The standard InChI is InChI=1S/C12H17N7S/c1-16-9-15-19(12(16)20)10-17-5-7-18(8-6-17)11-13-3-2-4-14-11/h2-4,9H,5-8,10H2,1H3. The first kappa shape index (κ1) is 13.2. The lowest BCUT2D eigenvalue weighted by Gasteiger charge is -2.34. The first-order chi connectivity index (χ1) is 9.74. The number of piperazine rings is 1. The van der Waals surface area contributed by atoms with Crippen LogP contribution < -0.4 is 4.90 Å². The molecule has 3 heterocycles. The van der Waals surface area contributed by atoms with E-state index in [0.29, 0.717) is 0 Å². The van der Waals surface area contributed by atoms with Gasteiger partial charge in [0.05, 0.1) is 6.67 Å². The first-order valence-corrected chi connectivity index (χ1v) is 6.97. The average Bonchev–Trinajstić information content (AvgIpc) is 2.81. The second-order valence-electron chi connectivity index (χ2n) is 4.82. The molecule has 3 rings (SSSR count). The Hall–Kier alpha value is -1.80. The van der Waals surface area contributed by atoms with Crippen LogP contribution in [0.5, 0.6) is 0 Å². The van der Waals surface area contributed by atoms with Crippen LogP contribution in [0.1, 0.15) is 0 Å². The predicted molar refractivity (Wildman–Crippen MR) is 77.9 cm³/mol.